The highest BCUT2D eigenvalue weighted by molar-refractivity contribution is 14.0. The first kappa shape index (κ1) is 19.2. The Hall–Kier alpha value is -0.830. The summed E-state index contributed by atoms with van der Waals surface area (Å²) in [5, 5.41) is 0. The summed E-state index contributed by atoms with van der Waals surface area (Å²) in [6.45, 7) is 4.46. The van der Waals surface area contributed by atoms with E-state index in [4.69, 9.17) is 15.2 Å². The van der Waals surface area contributed by atoms with Crippen LogP contribution in [0.5, 0.6) is 11.5 Å². The van der Waals surface area contributed by atoms with Crippen molar-refractivity contribution >= 4 is 41.7 Å². The van der Waals surface area contributed by atoms with Gasteiger partial charge in [-0.3, -0.25) is 0 Å². The zero-order valence-corrected chi connectivity index (χ0v) is 16.2. The third kappa shape index (κ3) is 5.75. The average molecular weight is 437 g/mol. The molecule has 1 atom stereocenters. The molecule has 0 spiro atoms. The van der Waals surface area contributed by atoms with E-state index < -0.39 is 0 Å². The van der Waals surface area contributed by atoms with Gasteiger partial charge in [0.15, 0.2) is 17.5 Å². The molecule has 2 N–H and O–H groups in total. The summed E-state index contributed by atoms with van der Waals surface area (Å²) in [6.07, 6.45) is -0.0565. The maximum Gasteiger partial charge on any atom is 0.191 e. The van der Waals surface area contributed by atoms with Gasteiger partial charge in [0.05, 0.1) is 13.7 Å². The summed E-state index contributed by atoms with van der Waals surface area (Å²) in [7, 11) is 1.64. The van der Waals surface area contributed by atoms with Gasteiger partial charge in [-0.05, 0) is 19.1 Å². The van der Waals surface area contributed by atoms with Gasteiger partial charge in [-0.2, -0.15) is 11.8 Å². The van der Waals surface area contributed by atoms with Crippen molar-refractivity contribution in [1.82, 2.24) is 4.90 Å². The third-order valence-corrected chi connectivity index (χ3v) is 4.19. The van der Waals surface area contributed by atoms with Crippen LogP contribution in [0.15, 0.2) is 29.3 Å². The molecule has 0 aliphatic carbocycles. The minimum atomic E-state index is -0.0565. The molecule has 0 aromatic heterocycles. The number of guanidine groups is 1. The van der Waals surface area contributed by atoms with E-state index in [1.807, 2.05) is 43.0 Å². The van der Waals surface area contributed by atoms with Gasteiger partial charge in [0, 0.05) is 24.6 Å². The fourth-order valence-electron chi connectivity index (χ4n) is 2.08. The summed E-state index contributed by atoms with van der Waals surface area (Å²) in [4.78, 5) is 6.58. The molecule has 1 aromatic carbocycles. The van der Waals surface area contributed by atoms with Crippen molar-refractivity contribution in [2.24, 2.45) is 10.7 Å². The van der Waals surface area contributed by atoms with E-state index in [1.165, 1.54) is 0 Å². The molecule has 1 aromatic rings. The second-order valence-corrected chi connectivity index (χ2v) is 6.10. The molecule has 1 unspecified atom stereocenters. The SMILES string of the molecule is COc1ccccc1OC(C)CN=C(N)N1CCSCC1.I. The molecule has 1 aliphatic heterocycles. The van der Waals surface area contributed by atoms with Crippen LogP contribution in [0.2, 0.25) is 0 Å². The molecule has 0 saturated carbocycles. The first-order valence-corrected chi connectivity index (χ1v) is 8.28. The van der Waals surface area contributed by atoms with E-state index in [0.29, 0.717) is 12.5 Å². The Morgan fingerprint density at radius 1 is 1.32 bits per heavy atom. The number of methoxy groups -OCH3 is 1. The monoisotopic (exact) mass is 437 g/mol. The van der Waals surface area contributed by atoms with Crippen molar-refractivity contribution in [3.63, 3.8) is 0 Å². The molecule has 2 rings (SSSR count). The number of rotatable bonds is 5. The van der Waals surface area contributed by atoms with E-state index >= 15 is 0 Å². The minimum absolute atomic E-state index is 0. The lowest BCUT2D eigenvalue weighted by Gasteiger charge is -2.27. The highest BCUT2D eigenvalue weighted by Gasteiger charge is 2.13. The molecule has 1 heterocycles. The van der Waals surface area contributed by atoms with Crippen molar-refractivity contribution in [3.05, 3.63) is 24.3 Å². The molecule has 7 heteroatoms. The first-order valence-electron chi connectivity index (χ1n) is 7.13. The molecule has 0 amide bonds. The number of ether oxygens (including phenoxy) is 2. The number of nitrogens with zero attached hydrogens (tertiary/aromatic N) is 2. The van der Waals surface area contributed by atoms with Crippen LogP contribution in [0, 0.1) is 0 Å². The Morgan fingerprint density at radius 2 is 1.95 bits per heavy atom. The molecule has 124 valence electrons. The maximum absolute atomic E-state index is 6.03. The zero-order valence-electron chi connectivity index (χ0n) is 13.0. The second-order valence-electron chi connectivity index (χ2n) is 4.88. The highest BCUT2D eigenvalue weighted by Crippen LogP contribution is 2.26. The van der Waals surface area contributed by atoms with E-state index in [2.05, 4.69) is 9.89 Å². The van der Waals surface area contributed by atoms with Crippen LogP contribution >= 0.6 is 35.7 Å². The zero-order chi connectivity index (χ0) is 15.1. The summed E-state index contributed by atoms with van der Waals surface area (Å²) in [5.41, 5.74) is 6.03. The lowest BCUT2D eigenvalue weighted by Crippen LogP contribution is -2.43. The molecule has 1 fully saturated rings. The van der Waals surface area contributed by atoms with Gasteiger partial charge >= 0.3 is 0 Å². The van der Waals surface area contributed by atoms with Crippen molar-refractivity contribution in [1.29, 1.82) is 0 Å². The molecule has 0 bridgehead atoms. The van der Waals surface area contributed by atoms with E-state index in [1.54, 1.807) is 7.11 Å². The molecular formula is C15H24IN3O2S. The van der Waals surface area contributed by atoms with Crippen LogP contribution in [0.25, 0.3) is 0 Å². The molecule has 1 saturated heterocycles. The van der Waals surface area contributed by atoms with Gasteiger partial charge in [-0.25, -0.2) is 4.99 Å². The second kappa shape index (κ2) is 10.0. The highest BCUT2D eigenvalue weighted by atomic mass is 127. The summed E-state index contributed by atoms with van der Waals surface area (Å²) >= 11 is 1.96. The fourth-order valence-corrected chi connectivity index (χ4v) is 2.99. The number of para-hydroxylation sites is 2. The van der Waals surface area contributed by atoms with Crippen LogP contribution in [0.4, 0.5) is 0 Å². The van der Waals surface area contributed by atoms with E-state index in [0.717, 1.165) is 36.1 Å². The minimum Gasteiger partial charge on any atom is -0.493 e. The Morgan fingerprint density at radius 3 is 2.59 bits per heavy atom. The van der Waals surface area contributed by atoms with Gasteiger partial charge in [-0.1, -0.05) is 12.1 Å². The van der Waals surface area contributed by atoms with E-state index in [9.17, 15) is 0 Å². The van der Waals surface area contributed by atoms with Crippen molar-refractivity contribution in [2.75, 3.05) is 38.2 Å². The molecule has 22 heavy (non-hydrogen) atoms. The van der Waals surface area contributed by atoms with E-state index in [-0.39, 0.29) is 30.1 Å². The normalized spacial score (nSPS) is 16.6. The van der Waals surface area contributed by atoms with Gasteiger partial charge in [-0.15, -0.1) is 24.0 Å². The Kier molecular flexibility index (Phi) is 8.77. The molecule has 1 aliphatic rings. The molecular weight excluding hydrogens is 413 g/mol. The molecule has 5 nitrogen and oxygen atoms in total. The van der Waals surface area contributed by atoms with Crippen LogP contribution in [0.3, 0.4) is 0 Å². The van der Waals surface area contributed by atoms with Crippen molar-refractivity contribution < 1.29 is 9.47 Å². The number of hydrogen-bond donors (Lipinski definition) is 1. The maximum atomic E-state index is 6.03. The Balaban J connectivity index is 0.00000242. The predicted molar refractivity (Wildman–Crippen MR) is 104 cm³/mol. The lowest BCUT2D eigenvalue weighted by molar-refractivity contribution is 0.219. The van der Waals surface area contributed by atoms with Gasteiger partial charge < -0.3 is 20.1 Å². The average Bonchev–Trinajstić information content (AvgIpc) is 2.54. The third-order valence-electron chi connectivity index (χ3n) is 3.24. The number of nitrogens with two attached hydrogens (primary N) is 1. The summed E-state index contributed by atoms with van der Waals surface area (Å²) in [5.74, 6) is 4.31. The Bertz CT molecular complexity index is 482. The number of thioether (sulfide) groups is 1. The van der Waals surface area contributed by atoms with Crippen LogP contribution in [-0.4, -0.2) is 55.2 Å². The summed E-state index contributed by atoms with van der Waals surface area (Å²) < 4.78 is 11.1. The van der Waals surface area contributed by atoms with Crippen molar-refractivity contribution in [3.8, 4) is 11.5 Å². The number of benzene rings is 1. The van der Waals surface area contributed by atoms with Gasteiger partial charge in [0.1, 0.15) is 6.10 Å². The number of halogens is 1. The largest absolute Gasteiger partial charge is 0.493 e. The number of hydrogen-bond acceptors (Lipinski definition) is 4. The van der Waals surface area contributed by atoms with Crippen LogP contribution < -0.4 is 15.2 Å². The lowest BCUT2D eigenvalue weighted by atomic mass is 10.3. The van der Waals surface area contributed by atoms with Crippen LogP contribution in [-0.2, 0) is 0 Å². The smallest absolute Gasteiger partial charge is 0.191 e. The van der Waals surface area contributed by atoms with Gasteiger partial charge in [0.2, 0.25) is 0 Å². The number of aliphatic imine (C=N–C) groups is 1. The topological polar surface area (TPSA) is 60.1 Å². The molecule has 0 radical (unpaired) electrons. The summed E-state index contributed by atoms with van der Waals surface area (Å²) in [6, 6.07) is 7.61. The first-order chi connectivity index (χ1) is 10.2. The fraction of sp³-hybridized carbons (Fsp3) is 0.533. The standard InChI is InChI=1S/C15H23N3O2S.HI/c1-12(20-14-6-4-3-5-13(14)19-2)11-17-15(16)18-7-9-21-10-8-18;/h3-6,12H,7-11H2,1-2H3,(H2,16,17);1H. The predicted octanol–water partition coefficient (Wildman–Crippen LogP) is 2.44. The van der Waals surface area contributed by atoms with Crippen molar-refractivity contribution in [2.45, 2.75) is 13.0 Å². The quantitative estimate of drug-likeness (QED) is 0.436. The van der Waals surface area contributed by atoms with Crippen LogP contribution in [0.1, 0.15) is 6.92 Å². The van der Waals surface area contributed by atoms with Gasteiger partial charge in [0.25, 0.3) is 0 Å². The Labute approximate surface area is 153 Å².